The van der Waals surface area contributed by atoms with Crippen LogP contribution in [0.15, 0.2) is 40.9 Å². The molecule has 0 aliphatic carbocycles. The number of nitrogens with zero attached hydrogens (tertiary/aromatic N) is 1. The Balaban J connectivity index is 2.26. The standard InChI is InChI=1S/C14H7BrClFN2O/c15-9-2-4-13(17)11(5-9)14(20)19-10-3-1-8(7-18)12(16)6-10/h1-6H,(H,19,20). The summed E-state index contributed by atoms with van der Waals surface area (Å²) in [6.45, 7) is 0. The van der Waals surface area contributed by atoms with Crippen LogP contribution in [0.5, 0.6) is 0 Å². The summed E-state index contributed by atoms with van der Waals surface area (Å²) in [6, 6.07) is 10.4. The zero-order valence-corrected chi connectivity index (χ0v) is 12.3. The van der Waals surface area contributed by atoms with Crippen molar-refractivity contribution in [2.75, 3.05) is 5.32 Å². The maximum atomic E-state index is 13.6. The van der Waals surface area contributed by atoms with E-state index in [0.717, 1.165) is 0 Å². The first kappa shape index (κ1) is 14.5. The minimum absolute atomic E-state index is 0.0835. The number of hydrogen-bond donors (Lipinski definition) is 1. The van der Waals surface area contributed by atoms with Crippen LogP contribution in [0, 0.1) is 17.1 Å². The zero-order valence-electron chi connectivity index (χ0n) is 9.95. The summed E-state index contributed by atoms with van der Waals surface area (Å²) in [6.07, 6.45) is 0. The van der Waals surface area contributed by atoms with Gasteiger partial charge in [0.25, 0.3) is 5.91 Å². The normalized spacial score (nSPS) is 9.90. The van der Waals surface area contributed by atoms with E-state index in [1.807, 2.05) is 6.07 Å². The van der Waals surface area contributed by atoms with Crippen molar-refractivity contribution in [3.8, 4) is 6.07 Å². The summed E-state index contributed by atoms with van der Waals surface area (Å²) >= 11 is 9.04. The molecule has 0 saturated heterocycles. The number of benzene rings is 2. The highest BCUT2D eigenvalue weighted by Gasteiger charge is 2.13. The summed E-state index contributed by atoms with van der Waals surface area (Å²) in [5.41, 5.74) is 0.608. The molecule has 2 aromatic rings. The molecule has 0 bridgehead atoms. The van der Waals surface area contributed by atoms with Gasteiger partial charge in [0.05, 0.1) is 16.1 Å². The first-order valence-corrected chi connectivity index (χ1v) is 6.64. The third-order valence-corrected chi connectivity index (χ3v) is 3.33. The molecule has 0 aromatic heterocycles. The fourth-order valence-electron chi connectivity index (χ4n) is 1.55. The van der Waals surface area contributed by atoms with Gasteiger partial charge < -0.3 is 5.32 Å². The highest BCUT2D eigenvalue weighted by molar-refractivity contribution is 9.10. The van der Waals surface area contributed by atoms with Crippen LogP contribution in [0.1, 0.15) is 15.9 Å². The first-order valence-electron chi connectivity index (χ1n) is 5.47. The van der Waals surface area contributed by atoms with Crippen molar-refractivity contribution in [1.82, 2.24) is 0 Å². The Labute approximate surface area is 128 Å². The summed E-state index contributed by atoms with van der Waals surface area (Å²) < 4.78 is 14.2. The van der Waals surface area contributed by atoms with Crippen LogP contribution in [0.25, 0.3) is 0 Å². The molecule has 0 aliphatic heterocycles. The first-order chi connectivity index (χ1) is 9.51. The van der Waals surface area contributed by atoms with Crippen LogP contribution >= 0.6 is 27.5 Å². The molecular weight excluding hydrogens is 347 g/mol. The Morgan fingerprint density at radius 1 is 1.30 bits per heavy atom. The van der Waals surface area contributed by atoms with Crippen LogP contribution in [-0.2, 0) is 0 Å². The average Bonchev–Trinajstić information content (AvgIpc) is 2.41. The minimum atomic E-state index is -0.620. The van der Waals surface area contributed by atoms with E-state index in [4.69, 9.17) is 16.9 Å². The fraction of sp³-hybridized carbons (Fsp3) is 0. The number of nitriles is 1. The SMILES string of the molecule is N#Cc1ccc(NC(=O)c2cc(Br)ccc2F)cc1Cl. The van der Waals surface area contributed by atoms with Crippen molar-refractivity contribution >= 4 is 39.1 Å². The Kier molecular flexibility index (Phi) is 4.38. The smallest absolute Gasteiger partial charge is 0.258 e. The maximum Gasteiger partial charge on any atom is 0.258 e. The molecule has 2 aromatic carbocycles. The third kappa shape index (κ3) is 3.16. The number of carbonyl (C=O) groups is 1. The van der Waals surface area contributed by atoms with Gasteiger partial charge in [0.15, 0.2) is 0 Å². The number of halogens is 3. The van der Waals surface area contributed by atoms with Crippen LogP contribution in [0.3, 0.4) is 0 Å². The summed E-state index contributed by atoms with van der Waals surface area (Å²) in [4.78, 5) is 12.0. The van der Waals surface area contributed by atoms with Gasteiger partial charge in [0.2, 0.25) is 0 Å². The molecule has 2 rings (SSSR count). The second-order valence-corrected chi connectivity index (χ2v) is 5.21. The van der Waals surface area contributed by atoms with Gasteiger partial charge in [0, 0.05) is 10.2 Å². The molecule has 0 atom stereocenters. The maximum absolute atomic E-state index is 13.6. The van der Waals surface area contributed by atoms with E-state index in [-0.39, 0.29) is 10.6 Å². The molecule has 0 aliphatic rings. The number of carbonyl (C=O) groups excluding carboxylic acids is 1. The molecule has 100 valence electrons. The van der Waals surface area contributed by atoms with Gasteiger partial charge in [-0.3, -0.25) is 4.79 Å². The number of amides is 1. The number of anilines is 1. The van der Waals surface area contributed by atoms with Gasteiger partial charge in [-0.2, -0.15) is 5.26 Å². The second kappa shape index (κ2) is 6.04. The van der Waals surface area contributed by atoms with Crippen molar-refractivity contribution in [3.63, 3.8) is 0 Å². The predicted molar refractivity (Wildman–Crippen MR) is 78.2 cm³/mol. The lowest BCUT2D eigenvalue weighted by atomic mass is 10.2. The molecule has 6 heteroatoms. The molecule has 1 N–H and O–H groups in total. The van der Waals surface area contributed by atoms with Gasteiger partial charge >= 0.3 is 0 Å². The largest absolute Gasteiger partial charge is 0.322 e. The highest BCUT2D eigenvalue weighted by Crippen LogP contribution is 2.22. The van der Waals surface area contributed by atoms with E-state index >= 15 is 0 Å². The molecule has 0 unspecified atom stereocenters. The number of hydrogen-bond acceptors (Lipinski definition) is 2. The van der Waals surface area contributed by atoms with Crippen LogP contribution < -0.4 is 5.32 Å². The van der Waals surface area contributed by atoms with E-state index in [9.17, 15) is 9.18 Å². The Morgan fingerprint density at radius 3 is 2.70 bits per heavy atom. The minimum Gasteiger partial charge on any atom is -0.322 e. The van der Waals surface area contributed by atoms with Crippen LogP contribution in [0.2, 0.25) is 5.02 Å². The van der Waals surface area contributed by atoms with Crippen molar-refractivity contribution in [2.45, 2.75) is 0 Å². The van der Waals surface area contributed by atoms with Gasteiger partial charge in [-0.05, 0) is 36.4 Å². The average molecular weight is 354 g/mol. The molecule has 0 spiro atoms. The quantitative estimate of drug-likeness (QED) is 0.872. The third-order valence-electron chi connectivity index (χ3n) is 2.52. The van der Waals surface area contributed by atoms with E-state index < -0.39 is 11.7 Å². The predicted octanol–water partition coefficient (Wildman–Crippen LogP) is 4.37. The fourth-order valence-corrected chi connectivity index (χ4v) is 2.14. The molecular formula is C14H7BrClFN2O. The lowest BCUT2D eigenvalue weighted by molar-refractivity contribution is 0.102. The Morgan fingerprint density at radius 2 is 2.05 bits per heavy atom. The number of rotatable bonds is 2. The molecule has 0 radical (unpaired) electrons. The highest BCUT2D eigenvalue weighted by atomic mass is 79.9. The van der Waals surface area contributed by atoms with E-state index in [2.05, 4.69) is 21.2 Å². The molecule has 0 fully saturated rings. The van der Waals surface area contributed by atoms with Gasteiger partial charge in [-0.15, -0.1) is 0 Å². The molecule has 3 nitrogen and oxygen atoms in total. The van der Waals surface area contributed by atoms with E-state index in [1.54, 1.807) is 0 Å². The monoisotopic (exact) mass is 352 g/mol. The van der Waals surface area contributed by atoms with Gasteiger partial charge in [0.1, 0.15) is 11.9 Å². The lowest BCUT2D eigenvalue weighted by Crippen LogP contribution is -2.13. The van der Waals surface area contributed by atoms with Crippen molar-refractivity contribution < 1.29 is 9.18 Å². The second-order valence-electron chi connectivity index (χ2n) is 3.88. The Bertz CT molecular complexity index is 728. The molecule has 20 heavy (non-hydrogen) atoms. The van der Waals surface area contributed by atoms with Crippen LogP contribution in [0.4, 0.5) is 10.1 Å². The van der Waals surface area contributed by atoms with Crippen LogP contribution in [-0.4, -0.2) is 5.91 Å². The summed E-state index contributed by atoms with van der Waals surface area (Å²) in [5.74, 6) is -1.21. The zero-order chi connectivity index (χ0) is 14.7. The van der Waals surface area contributed by atoms with Crippen molar-refractivity contribution in [3.05, 3.63) is 62.8 Å². The molecule has 1 amide bonds. The van der Waals surface area contributed by atoms with Gasteiger partial charge in [-0.1, -0.05) is 27.5 Å². The lowest BCUT2D eigenvalue weighted by Gasteiger charge is -2.07. The van der Waals surface area contributed by atoms with Gasteiger partial charge in [-0.25, -0.2) is 4.39 Å². The molecule has 0 saturated carbocycles. The van der Waals surface area contributed by atoms with E-state index in [0.29, 0.717) is 15.7 Å². The van der Waals surface area contributed by atoms with Crippen molar-refractivity contribution in [2.24, 2.45) is 0 Å². The summed E-state index contributed by atoms with van der Waals surface area (Å²) in [5, 5.41) is 11.5. The van der Waals surface area contributed by atoms with Crippen molar-refractivity contribution in [1.29, 1.82) is 5.26 Å². The topological polar surface area (TPSA) is 52.9 Å². The summed E-state index contributed by atoms with van der Waals surface area (Å²) in [7, 11) is 0. The Hall–Kier alpha value is -1.90. The van der Waals surface area contributed by atoms with E-state index in [1.165, 1.54) is 36.4 Å². The molecule has 0 heterocycles. The number of nitrogens with one attached hydrogen (secondary N) is 1.